The highest BCUT2D eigenvalue weighted by Crippen LogP contribution is 1.89. The summed E-state index contributed by atoms with van der Waals surface area (Å²) < 4.78 is 0. The van der Waals surface area contributed by atoms with E-state index in [1.807, 2.05) is 0 Å². The number of rotatable bonds is 4. The van der Waals surface area contributed by atoms with E-state index in [4.69, 9.17) is 0 Å². The molecule has 9 nitrogen and oxygen atoms in total. The van der Waals surface area contributed by atoms with Crippen molar-refractivity contribution in [3.63, 3.8) is 0 Å². The second-order valence-electron chi connectivity index (χ2n) is 5.90. The number of aliphatic hydroxyl groups is 4. The average molecular weight is 335 g/mol. The molecule has 9 heteroatoms. The highest BCUT2D eigenvalue weighted by Gasteiger charge is 2.16. The van der Waals surface area contributed by atoms with Crippen LogP contribution in [0.2, 0.25) is 0 Å². The lowest BCUT2D eigenvalue weighted by molar-refractivity contribution is 0.193. The predicted octanol–water partition coefficient (Wildman–Crippen LogP) is -4.61. The number of hydrogen-bond acceptors (Lipinski definition) is 9. The standard InChI is InChI=1S/C14H33N5O4/c20-7-11-3-15-1-2-16-12(8-21)4-18-14(10-23)6-19-13(9-22)5-17-11/h11-23H,1-10H2/t11?,12?,13-,14?/m1/s1. The zero-order valence-corrected chi connectivity index (χ0v) is 13.7. The smallest absolute Gasteiger partial charge is 0.0597 e. The van der Waals surface area contributed by atoms with Gasteiger partial charge in [0.05, 0.1) is 26.4 Å². The lowest BCUT2D eigenvalue weighted by Gasteiger charge is -2.24. The van der Waals surface area contributed by atoms with Crippen molar-refractivity contribution in [3.8, 4) is 0 Å². The molecule has 1 aliphatic heterocycles. The van der Waals surface area contributed by atoms with E-state index < -0.39 is 0 Å². The molecule has 1 fully saturated rings. The number of aliphatic hydroxyl groups excluding tert-OH is 4. The van der Waals surface area contributed by atoms with Crippen LogP contribution >= 0.6 is 0 Å². The Balaban J connectivity index is 2.58. The van der Waals surface area contributed by atoms with Crippen molar-refractivity contribution in [3.05, 3.63) is 0 Å². The second kappa shape index (κ2) is 13.0. The highest BCUT2D eigenvalue weighted by molar-refractivity contribution is 4.80. The van der Waals surface area contributed by atoms with Crippen molar-refractivity contribution in [1.29, 1.82) is 0 Å². The first-order valence-electron chi connectivity index (χ1n) is 8.31. The van der Waals surface area contributed by atoms with Gasteiger partial charge in [0.2, 0.25) is 0 Å². The summed E-state index contributed by atoms with van der Waals surface area (Å²) in [5.74, 6) is 0. The molecule has 0 aromatic heterocycles. The summed E-state index contributed by atoms with van der Waals surface area (Å²) in [5.41, 5.74) is 0. The van der Waals surface area contributed by atoms with Crippen molar-refractivity contribution >= 4 is 0 Å². The fourth-order valence-corrected chi connectivity index (χ4v) is 2.37. The third-order valence-electron chi connectivity index (χ3n) is 3.97. The molecule has 1 saturated heterocycles. The fourth-order valence-electron chi connectivity index (χ4n) is 2.37. The van der Waals surface area contributed by atoms with Gasteiger partial charge in [0.25, 0.3) is 0 Å². The minimum absolute atomic E-state index is 0.0126. The van der Waals surface area contributed by atoms with E-state index in [-0.39, 0.29) is 50.6 Å². The Bertz CT molecular complexity index is 262. The predicted molar refractivity (Wildman–Crippen MR) is 88.4 cm³/mol. The Morgan fingerprint density at radius 2 is 0.913 bits per heavy atom. The Labute approximate surface area is 137 Å². The molecule has 0 bridgehead atoms. The molecule has 0 aliphatic carbocycles. The molecule has 1 rings (SSSR count). The third-order valence-corrected chi connectivity index (χ3v) is 3.97. The summed E-state index contributed by atoms with van der Waals surface area (Å²) in [5, 5.41) is 53.7. The maximum absolute atomic E-state index is 9.43. The Hall–Kier alpha value is -0.360. The zero-order chi connectivity index (χ0) is 16.9. The van der Waals surface area contributed by atoms with Crippen molar-refractivity contribution in [2.24, 2.45) is 0 Å². The van der Waals surface area contributed by atoms with Crippen LogP contribution in [0.4, 0.5) is 0 Å². The van der Waals surface area contributed by atoms with Crippen LogP contribution in [0.15, 0.2) is 0 Å². The molecular weight excluding hydrogens is 302 g/mol. The molecule has 23 heavy (non-hydrogen) atoms. The van der Waals surface area contributed by atoms with E-state index in [2.05, 4.69) is 26.6 Å². The minimum atomic E-state index is -0.156. The van der Waals surface area contributed by atoms with Crippen LogP contribution in [0.3, 0.4) is 0 Å². The van der Waals surface area contributed by atoms with E-state index in [0.29, 0.717) is 32.7 Å². The van der Waals surface area contributed by atoms with Crippen LogP contribution in [0.5, 0.6) is 0 Å². The maximum Gasteiger partial charge on any atom is 0.0597 e. The van der Waals surface area contributed by atoms with Gasteiger partial charge in [-0.3, -0.25) is 0 Å². The summed E-state index contributed by atoms with van der Waals surface area (Å²) >= 11 is 0. The van der Waals surface area contributed by atoms with Gasteiger partial charge in [0.1, 0.15) is 0 Å². The molecule has 1 aliphatic rings. The van der Waals surface area contributed by atoms with Crippen LogP contribution in [-0.4, -0.2) is 110 Å². The van der Waals surface area contributed by atoms with Gasteiger partial charge in [0, 0.05) is 63.4 Å². The summed E-state index contributed by atoms with van der Waals surface area (Å²) in [6, 6.07) is -0.485. The van der Waals surface area contributed by atoms with E-state index in [9.17, 15) is 20.4 Å². The van der Waals surface area contributed by atoms with Crippen LogP contribution in [0.25, 0.3) is 0 Å². The molecule has 9 N–H and O–H groups in total. The molecule has 0 spiro atoms. The zero-order valence-electron chi connectivity index (χ0n) is 13.7. The van der Waals surface area contributed by atoms with Gasteiger partial charge in [0.15, 0.2) is 0 Å². The lowest BCUT2D eigenvalue weighted by atomic mass is 10.2. The molecule has 0 aromatic rings. The normalized spacial score (nSPS) is 32.9. The number of nitrogens with one attached hydrogen (secondary N) is 5. The van der Waals surface area contributed by atoms with Gasteiger partial charge in [-0.05, 0) is 0 Å². The molecular formula is C14H33N5O4. The largest absolute Gasteiger partial charge is 0.395 e. The van der Waals surface area contributed by atoms with Gasteiger partial charge >= 0.3 is 0 Å². The van der Waals surface area contributed by atoms with Gasteiger partial charge in [-0.15, -0.1) is 0 Å². The van der Waals surface area contributed by atoms with Crippen molar-refractivity contribution in [2.45, 2.75) is 24.2 Å². The monoisotopic (exact) mass is 335 g/mol. The Morgan fingerprint density at radius 3 is 1.35 bits per heavy atom. The highest BCUT2D eigenvalue weighted by atomic mass is 16.3. The molecule has 4 atom stereocenters. The SMILES string of the molecule is OCC1CNCCNC(CO)CNC(CO)CN[C@@H](CO)CN1. The first-order valence-corrected chi connectivity index (χ1v) is 8.31. The third kappa shape index (κ3) is 8.89. The Kier molecular flexibility index (Phi) is 11.7. The van der Waals surface area contributed by atoms with Crippen molar-refractivity contribution in [2.75, 3.05) is 65.7 Å². The maximum atomic E-state index is 9.43. The van der Waals surface area contributed by atoms with Gasteiger partial charge in [-0.1, -0.05) is 0 Å². The van der Waals surface area contributed by atoms with Gasteiger partial charge < -0.3 is 47.0 Å². The summed E-state index contributed by atoms with van der Waals surface area (Å²) in [7, 11) is 0. The minimum Gasteiger partial charge on any atom is -0.395 e. The molecule has 3 unspecified atom stereocenters. The first kappa shape index (κ1) is 20.7. The molecule has 1 heterocycles. The summed E-state index contributed by atoms with van der Waals surface area (Å²) in [4.78, 5) is 0. The van der Waals surface area contributed by atoms with Crippen molar-refractivity contribution in [1.82, 2.24) is 26.6 Å². The molecule has 0 aromatic carbocycles. The van der Waals surface area contributed by atoms with Gasteiger partial charge in [-0.2, -0.15) is 0 Å². The van der Waals surface area contributed by atoms with E-state index >= 15 is 0 Å². The molecule has 138 valence electrons. The van der Waals surface area contributed by atoms with E-state index in [1.54, 1.807) is 0 Å². The van der Waals surface area contributed by atoms with Crippen LogP contribution < -0.4 is 26.6 Å². The molecule has 0 radical (unpaired) electrons. The molecule has 0 saturated carbocycles. The topological polar surface area (TPSA) is 141 Å². The van der Waals surface area contributed by atoms with Gasteiger partial charge in [-0.25, -0.2) is 0 Å². The lowest BCUT2D eigenvalue weighted by Crippen LogP contribution is -2.53. The van der Waals surface area contributed by atoms with E-state index in [1.165, 1.54) is 0 Å². The fraction of sp³-hybridized carbons (Fsp3) is 1.00. The van der Waals surface area contributed by atoms with Crippen molar-refractivity contribution < 1.29 is 20.4 Å². The van der Waals surface area contributed by atoms with Crippen LogP contribution in [-0.2, 0) is 0 Å². The first-order chi connectivity index (χ1) is 11.2. The molecule has 0 amide bonds. The summed E-state index contributed by atoms with van der Waals surface area (Å²) in [6.07, 6.45) is 0. The second-order valence-corrected chi connectivity index (χ2v) is 5.90. The average Bonchev–Trinajstić information content (AvgIpc) is 2.59. The van der Waals surface area contributed by atoms with E-state index in [0.717, 1.165) is 6.54 Å². The Morgan fingerprint density at radius 1 is 0.522 bits per heavy atom. The number of hydrogen-bond donors (Lipinski definition) is 9. The summed E-state index contributed by atoms with van der Waals surface area (Å²) in [6.45, 7) is 3.59. The quantitative estimate of drug-likeness (QED) is 0.248. The van der Waals surface area contributed by atoms with Crippen LogP contribution in [0, 0.1) is 0 Å². The van der Waals surface area contributed by atoms with Crippen LogP contribution in [0.1, 0.15) is 0 Å².